The molecule has 8 heteroatoms. The molecule has 39 heavy (non-hydrogen) atoms. The van der Waals surface area contributed by atoms with Gasteiger partial charge in [-0.1, -0.05) is 0 Å². The Balaban J connectivity index is 1.29. The summed E-state index contributed by atoms with van der Waals surface area (Å²) in [4.78, 5) is 30.5. The van der Waals surface area contributed by atoms with Gasteiger partial charge in [-0.3, -0.25) is 14.6 Å². The summed E-state index contributed by atoms with van der Waals surface area (Å²) in [6, 6.07) is 18.5. The SMILES string of the molecule is CC(C)N(C(=O)c1ccc(OCCCCCOc2ccc(C=NNC(=O)c3ccncc3)cc2)cc1)C(C)C. The van der Waals surface area contributed by atoms with Gasteiger partial charge in [-0.2, -0.15) is 5.10 Å². The molecule has 3 rings (SSSR count). The van der Waals surface area contributed by atoms with E-state index >= 15 is 0 Å². The molecule has 0 saturated carbocycles. The van der Waals surface area contributed by atoms with Gasteiger partial charge in [0.05, 0.1) is 19.4 Å². The zero-order chi connectivity index (χ0) is 28.0. The molecule has 3 aromatic rings. The van der Waals surface area contributed by atoms with Crippen LogP contribution in [0.25, 0.3) is 0 Å². The summed E-state index contributed by atoms with van der Waals surface area (Å²) < 4.78 is 11.7. The highest BCUT2D eigenvalue weighted by molar-refractivity contribution is 5.95. The molecule has 2 amide bonds. The first-order valence-corrected chi connectivity index (χ1v) is 13.4. The number of rotatable bonds is 14. The van der Waals surface area contributed by atoms with E-state index in [0.717, 1.165) is 36.3 Å². The first kappa shape index (κ1) is 29.4. The lowest BCUT2D eigenvalue weighted by Gasteiger charge is -2.30. The van der Waals surface area contributed by atoms with Gasteiger partial charge in [0.2, 0.25) is 0 Å². The average Bonchev–Trinajstić information content (AvgIpc) is 2.93. The number of benzene rings is 2. The van der Waals surface area contributed by atoms with Gasteiger partial charge in [-0.15, -0.1) is 0 Å². The highest BCUT2D eigenvalue weighted by atomic mass is 16.5. The van der Waals surface area contributed by atoms with Gasteiger partial charge < -0.3 is 14.4 Å². The standard InChI is InChI=1S/C31H38N4O4/c1-23(2)35(24(3)4)31(37)27-10-14-29(15-11-27)39-21-7-5-6-20-38-28-12-8-25(9-13-28)22-33-34-30(36)26-16-18-32-19-17-26/h8-19,22-24H,5-7,20-21H2,1-4H3,(H,34,36). The third kappa shape index (κ3) is 9.56. The zero-order valence-corrected chi connectivity index (χ0v) is 23.2. The van der Waals surface area contributed by atoms with Gasteiger partial charge >= 0.3 is 0 Å². The summed E-state index contributed by atoms with van der Waals surface area (Å²) in [6.45, 7) is 9.36. The van der Waals surface area contributed by atoms with Crippen molar-refractivity contribution in [2.75, 3.05) is 13.2 Å². The molecule has 1 aromatic heterocycles. The fourth-order valence-electron chi connectivity index (χ4n) is 4.05. The Morgan fingerprint density at radius 3 is 1.87 bits per heavy atom. The summed E-state index contributed by atoms with van der Waals surface area (Å²) in [5.74, 6) is 1.31. The van der Waals surface area contributed by atoms with Crippen molar-refractivity contribution in [3.8, 4) is 11.5 Å². The van der Waals surface area contributed by atoms with E-state index in [0.29, 0.717) is 24.3 Å². The maximum atomic E-state index is 12.8. The fourth-order valence-corrected chi connectivity index (χ4v) is 4.05. The average molecular weight is 531 g/mol. The van der Waals surface area contributed by atoms with E-state index in [1.165, 1.54) is 0 Å². The monoisotopic (exact) mass is 530 g/mol. The van der Waals surface area contributed by atoms with Gasteiger partial charge in [0.1, 0.15) is 11.5 Å². The molecule has 2 aromatic carbocycles. The number of amides is 2. The number of pyridine rings is 1. The number of hydrazone groups is 1. The minimum atomic E-state index is -0.288. The molecule has 1 heterocycles. The molecule has 0 bridgehead atoms. The highest BCUT2D eigenvalue weighted by Gasteiger charge is 2.21. The van der Waals surface area contributed by atoms with Crippen molar-refractivity contribution in [3.05, 3.63) is 89.7 Å². The lowest BCUT2D eigenvalue weighted by Crippen LogP contribution is -2.42. The Bertz CT molecular complexity index is 1190. The predicted molar refractivity (Wildman–Crippen MR) is 153 cm³/mol. The molecule has 0 aliphatic carbocycles. The van der Waals surface area contributed by atoms with E-state index < -0.39 is 0 Å². The summed E-state index contributed by atoms with van der Waals surface area (Å²) in [6.07, 6.45) is 7.52. The number of carbonyl (C=O) groups excluding carboxylic acids is 2. The van der Waals surface area contributed by atoms with Crippen LogP contribution in [0.5, 0.6) is 11.5 Å². The third-order valence-electron chi connectivity index (χ3n) is 5.98. The molecular weight excluding hydrogens is 492 g/mol. The molecule has 0 fully saturated rings. The molecule has 0 atom stereocenters. The second-order valence-corrected chi connectivity index (χ2v) is 9.69. The number of ether oxygens (including phenoxy) is 2. The number of hydrogen-bond acceptors (Lipinski definition) is 6. The topological polar surface area (TPSA) is 93.1 Å². The van der Waals surface area contributed by atoms with Crippen LogP contribution in [0.15, 0.2) is 78.2 Å². The summed E-state index contributed by atoms with van der Waals surface area (Å²) >= 11 is 0. The molecule has 0 radical (unpaired) electrons. The number of hydrogen-bond donors (Lipinski definition) is 1. The van der Waals surface area contributed by atoms with Crippen molar-refractivity contribution in [2.45, 2.75) is 59.0 Å². The minimum Gasteiger partial charge on any atom is -0.494 e. The third-order valence-corrected chi connectivity index (χ3v) is 5.98. The van der Waals surface area contributed by atoms with Gasteiger partial charge in [-0.25, -0.2) is 5.43 Å². The van der Waals surface area contributed by atoms with Gasteiger partial charge in [0.25, 0.3) is 11.8 Å². The second kappa shape index (κ2) is 15.3. The molecule has 206 valence electrons. The maximum Gasteiger partial charge on any atom is 0.271 e. The van der Waals surface area contributed by atoms with Gasteiger partial charge in [0, 0.05) is 35.6 Å². The molecular formula is C31H38N4O4. The van der Waals surface area contributed by atoms with Crippen LogP contribution in [0.3, 0.4) is 0 Å². The Hall–Kier alpha value is -4.20. The van der Waals surface area contributed by atoms with Crippen molar-refractivity contribution in [1.82, 2.24) is 15.3 Å². The molecule has 0 spiro atoms. The van der Waals surface area contributed by atoms with Gasteiger partial charge in [-0.05, 0) is 113 Å². The van der Waals surface area contributed by atoms with E-state index in [-0.39, 0.29) is 23.9 Å². The second-order valence-electron chi connectivity index (χ2n) is 9.69. The first-order chi connectivity index (χ1) is 18.8. The smallest absolute Gasteiger partial charge is 0.271 e. The Morgan fingerprint density at radius 2 is 1.33 bits per heavy atom. The number of nitrogens with zero attached hydrogens (tertiary/aromatic N) is 3. The van der Waals surface area contributed by atoms with Crippen LogP contribution in [0.1, 0.15) is 73.2 Å². The van der Waals surface area contributed by atoms with Crippen LogP contribution in [-0.4, -0.2) is 53.2 Å². The largest absolute Gasteiger partial charge is 0.494 e. The van der Waals surface area contributed by atoms with E-state index in [1.807, 2.05) is 81.1 Å². The molecule has 0 aliphatic heterocycles. The zero-order valence-electron chi connectivity index (χ0n) is 23.2. The maximum absolute atomic E-state index is 12.8. The van der Waals surface area contributed by atoms with Crippen molar-refractivity contribution in [1.29, 1.82) is 0 Å². The molecule has 8 nitrogen and oxygen atoms in total. The lowest BCUT2D eigenvalue weighted by molar-refractivity contribution is 0.0643. The summed E-state index contributed by atoms with van der Waals surface area (Å²) in [7, 11) is 0. The molecule has 0 saturated heterocycles. The summed E-state index contributed by atoms with van der Waals surface area (Å²) in [5, 5.41) is 3.99. The number of nitrogens with one attached hydrogen (secondary N) is 1. The van der Waals surface area contributed by atoms with Crippen LogP contribution in [0.2, 0.25) is 0 Å². The minimum absolute atomic E-state index is 0.0415. The molecule has 0 aliphatic rings. The fraction of sp³-hybridized carbons (Fsp3) is 0.355. The van der Waals surface area contributed by atoms with E-state index in [1.54, 1.807) is 30.7 Å². The molecule has 0 unspecified atom stereocenters. The van der Waals surface area contributed by atoms with E-state index in [9.17, 15) is 9.59 Å². The number of carbonyl (C=O) groups is 2. The number of aromatic nitrogens is 1. The van der Waals surface area contributed by atoms with Crippen LogP contribution in [-0.2, 0) is 0 Å². The summed E-state index contributed by atoms with van der Waals surface area (Å²) in [5.41, 5.74) is 4.52. The highest BCUT2D eigenvalue weighted by Crippen LogP contribution is 2.17. The molecule has 1 N–H and O–H groups in total. The normalized spacial score (nSPS) is 11.1. The van der Waals surface area contributed by atoms with Crippen LogP contribution < -0.4 is 14.9 Å². The van der Waals surface area contributed by atoms with Crippen molar-refractivity contribution in [2.24, 2.45) is 5.10 Å². The van der Waals surface area contributed by atoms with Crippen LogP contribution in [0.4, 0.5) is 0 Å². The first-order valence-electron chi connectivity index (χ1n) is 13.4. The van der Waals surface area contributed by atoms with Crippen molar-refractivity contribution in [3.63, 3.8) is 0 Å². The Kier molecular flexibility index (Phi) is 11.5. The van der Waals surface area contributed by atoms with Gasteiger partial charge in [0.15, 0.2) is 0 Å². The lowest BCUT2D eigenvalue weighted by atomic mass is 10.1. The Morgan fingerprint density at radius 1 is 0.795 bits per heavy atom. The van der Waals surface area contributed by atoms with Crippen LogP contribution in [0, 0.1) is 0 Å². The number of unbranched alkanes of at least 4 members (excludes halogenated alkanes) is 2. The van der Waals surface area contributed by atoms with E-state index in [2.05, 4.69) is 15.5 Å². The van der Waals surface area contributed by atoms with Crippen molar-refractivity contribution >= 4 is 18.0 Å². The quantitative estimate of drug-likeness (QED) is 0.163. The predicted octanol–water partition coefficient (Wildman–Crippen LogP) is 5.73. The van der Waals surface area contributed by atoms with E-state index in [4.69, 9.17) is 9.47 Å². The van der Waals surface area contributed by atoms with Crippen molar-refractivity contribution < 1.29 is 19.1 Å². The Labute approximate surface area is 231 Å². The van der Waals surface area contributed by atoms with Crippen LogP contribution >= 0.6 is 0 Å².